The molecule has 0 aliphatic heterocycles. The van der Waals surface area contributed by atoms with Gasteiger partial charge in [0.15, 0.2) is 0 Å². The molecule has 1 unspecified atom stereocenters. The summed E-state index contributed by atoms with van der Waals surface area (Å²) in [6, 6.07) is 5.60. The molecular formula is C15H21F2NO. The van der Waals surface area contributed by atoms with Crippen LogP contribution in [0.15, 0.2) is 18.2 Å². The van der Waals surface area contributed by atoms with E-state index >= 15 is 0 Å². The van der Waals surface area contributed by atoms with E-state index in [1.165, 1.54) is 0 Å². The predicted molar refractivity (Wildman–Crippen MR) is 71.6 cm³/mol. The fourth-order valence-electron chi connectivity index (χ4n) is 2.82. The van der Waals surface area contributed by atoms with Crippen LogP contribution in [-0.4, -0.2) is 13.0 Å². The molecule has 2 nitrogen and oxygen atoms in total. The summed E-state index contributed by atoms with van der Waals surface area (Å²) in [5, 5.41) is 0. The number of alkyl halides is 2. The van der Waals surface area contributed by atoms with Gasteiger partial charge in [-0.25, -0.2) is 8.78 Å². The number of nitrogens with two attached hydrogens (primary N) is 1. The molecule has 1 atom stereocenters. The number of aryl methyl sites for hydroxylation is 1. The maximum Gasteiger partial charge on any atom is 0.248 e. The van der Waals surface area contributed by atoms with Crippen LogP contribution in [0, 0.1) is 12.8 Å². The number of benzene rings is 1. The fraction of sp³-hybridized carbons (Fsp3) is 0.600. The van der Waals surface area contributed by atoms with Crippen molar-refractivity contribution in [3.63, 3.8) is 0 Å². The van der Waals surface area contributed by atoms with Gasteiger partial charge in [-0.05, 0) is 48.9 Å². The average Bonchev–Trinajstić information content (AvgIpc) is 2.37. The maximum atomic E-state index is 13.2. The fourth-order valence-corrected chi connectivity index (χ4v) is 2.82. The van der Waals surface area contributed by atoms with Gasteiger partial charge in [0.2, 0.25) is 5.92 Å². The van der Waals surface area contributed by atoms with Crippen LogP contribution in [0.3, 0.4) is 0 Å². The van der Waals surface area contributed by atoms with Crippen molar-refractivity contribution < 1.29 is 13.5 Å². The number of rotatable bonds is 3. The summed E-state index contributed by atoms with van der Waals surface area (Å²) in [5.74, 6) is -1.55. The van der Waals surface area contributed by atoms with E-state index in [0.717, 1.165) is 16.9 Å². The minimum absolute atomic E-state index is 0.0411. The number of halogens is 2. The molecule has 0 spiro atoms. The quantitative estimate of drug-likeness (QED) is 0.905. The predicted octanol–water partition coefficient (Wildman–Crippen LogP) is 3.83. The lowest BCUT2D eigenvalue weighted by atomic mass is 9.79. The lowest BCUT2D eigenvalue weighted by molar-refractivity contribution is -0.0483. The molecule has 4 heteroatoms. The topological polar surface area (TPSA) is 35.2 Å². The molecule has 0 bridgehead atoms. The number of ether oxygens (including phenoxy) is 1. The Morgan fingerprint density at radius 1 is 1.32 bits per heavy atom. The van der Waals surface area contributed by atoms with E-state index in [2.05, 4.69) is 0 Å². The Hall–Kier alpha value is -1.16. The summed E-state index contributed by atoms with van der Waals surface area (Å²) in [4.78, 5) is 0. The average molecular weight is 269 g/mol. The molecule has 1 fully saturated rings. The normalized spacial score (nSPS) is 21.1. The highest BCUT2D eigenvalue weighted by Crippen LogP contribution is 2.41. The zero-order valence-electron chi connectivity index (χ0n) is 11.5. The van der Waals surface area contributed by atoms with Crippen LogP contribution in [0.4, 0.5) is 8.78 Å². The van der Waals surface area contributed by atoms with Crippen LogP contribution in [0.25, 0.3) is 0 Å². The minimum Gasteiger partial charge on any atom is -0.497 e. The van der Waals surface area contributed by atoms with Crippen LogP contribution >= 0.6 is 0 Å². The summed E-state index contributed by atoms with van der Waals surface area (Å²) < 4.78 is 31.5. The molecule has 1 aromatic carbocycles. The van der Waals surface area contributed by atoms with E-state index in [9.17, 15) is 8.78 Å². The Bertz CT molecular complexity index is 438. The minimum atomic E-state index is -2.49. The van der Waals surface area contributed by atoms with E-state index < -0.39 is 5.92 Å². The van der Waals surface area contributed by atoms with Crippen LogP contribution in [0.5, 0.6) is 5.75 Å². The van der Waals surface area contributed by atoms with Crippen LogP contribution in [0.2, 0.25) is 0 Å². The highest BCUT2D eigenvalue weighted by molar-refractivity contribution is 5.36. The van der Waals surface area contributed by atoms with Crippen LogP contribution in [0.1, 0.15) is 42.9 Å². The molecule has 0 heterocycles. The van der Waals surface area contributed by atoms with Gasteiger partial charge in [0.1, 0.15) is 5.75 Å². The van der Waals surface area contributed by atoms with E-state index in [-0.39, 0.29) is 24.8 Å². The van der Waals surface area contributed by atoms with Gasteiger partial charge in [-0.1, -0.05) is 6.07 Å². The zero-order chi connectivity index (χ0) is 14.0. The Balaban J connectivity index is 2.10. The van der Waals surface area contributed by atoms with Crippen molar-refractivity contribution in [2.45, 2.75) is 44.6 Å². The van der Waals surface area contributed by atoms with Gasteiger partial charge in [0.05, 0.1) is 7.11 Å². The molecule has 0 aromatic heterocycles. The summed E-state index contributed by atoms with van der Waals surface area (Å²) in [7, 11) is 1.62. The molecule has 1 aromatic rings. The molecule has 1 aliphatic carbocycles. The molecule has 0 amide bonds. The largest absolute Gasteiger partial charge is 0.497 e. The molecule has 1 saturated carbocycles. The van der Waals surface area contributed by atoms with E-state index in [4.69, 9.17) is 10.5 Å². The van der Waals surface area contributed by atoms with Crippen molar-refractivity contribution in [1.82, 2.24) is 0 Å². The molecule has 0 radical (unpaired) electrons. The van der Waals surface area contributed by atoms with Gasteiger partial charge in [0, 0.05) is 18.9 Å². The Morgan fingerprint density at radius 3 is 2.47 bits per heavy atom. The Kier molecular flexibility index (Phi) is 4.09. The summed E-state index contributed by atoms with van der Waals surface area (Å²) in [6.07, 6.45) is 0.917. The zero-order valence-corrected chi connectivity index (χ0v) is 11.5. The third-order valence-corrected chi connectivity index (χ3v) is 4.11. The van der Waals surface area contributed by atoms with Crippen molar-refractivity contribution in [3.8, 4) is 5.75 Å². The van der Waals surface area contributed by atoms with Crippen molar-refractivity contribution in [2.24, 2.45) is 11.7 Å². The first-order valence-electron chi connectivity index (χ1n) is 6.71. The second kappa shape index (κ2) is 5.45. The second-order valence-electron chi connectivity index (χ2n) is 5.44. The number of methoxy groups -OCH3 is 1. The van der Waals surface area contributed by atoms with E-state index in [1.54, 1.807) is 7.11 Å². The lowest BCUT2D eigenvalue weighted by Crippen LogP contribution is -2.31. The molecule has 1 aliphatic rings. The number of hydrogen-bond donors (Lipinski definition) is 1. The molecule has 106 valence electrons. The van der Waals surface area contributed by atoms with Gasteiger partial charge in [-0.2, -0.15) is 0 Å². The highest BCUT2D eigenvalue weighted by atomic mass is 19.3. The van der Waals surface area contributed by atoms with Crippen molar-refractivity contribution >= 4 is 0 Å². The van der Waals surface area contributed by atoms with Crippen molar-refractivity contribution in [2.75, 3.05) is 7.11 Å². The van der Waals surface area contributed by atoms with Gasteiger partial charge < -0.3 is 10.5 Å². The van der Waals surface area contributed by atoms with Gasteiger partial charge in [-0.15, -0.1) is 0 Å². The Morgan fingerprint density at radius 2 is 1.95 bits per heavy atom. The SMILES string of the molecule is COc1ccc(C(N)C2CCC(F)(F)CC2)c(C)c1. The van der Waals surface area contributed by atoms with Crippen LogP contribution in [-0.2, 0) is 0 Å². The first-order chi connectivity index (χ1) is 8.93. The Labute approximate surface area is 112 Å². The van der Waals surface area contributed by atoms with E-state index in [0.29, 0.717) is 12.8 Å². The standard InChI is InChI=1S/C15H21F2NO/c1-10-9-12(19-2)3-4-13(10)14(18)11-5-7-15(16,17)8-6-11/h3-4,9,11,14H,5-8,18H2,1-2H3. The van der Waals surface area contributed by atoms with Gasteiger partial charge in [-0.3, -0.25) is 0 Å². The molecule has 0 saturated heterocycles. The molecular weight excluding hydrogens is 248 g/mol. The first kappa shape index (κ1) is 14.3. The van der Waals surface area contributed by atoms with Gasteiger partial charge in [0.25, 0.3) is 0 Å². The molecule has 2 N–H and O–H groups in total. The van der Waals surface area contributed by atoms with Crippen molar-refractivity contribution in [1.29, 1.82) is 0 Å². The second-order valence-corrected chi connectivity index (χ2v) is 5.44. The third-order valence-electron chi connectivity index (χ3n) is 4.11. The smallest absolute Gasteiger partial charge is 0.248 e. The van der Waals surface area contributed by atoms with Crippen LogP contribution < -0.4 is 10.5 Å². The molecule has 2 rings (SSSR count). The third kappa shape index (κ3) is 3.24. The monoisotopic (exact) mass is 269 g/mol. The molecule has 19 heavy (non-hydrogen) atoms. The maximum absolute atomic E-state index is 13.2. The number of hydrogen-bond acceptors (Lipinski definition) is 2. The summed E-state index contributed by atoms with van der Waals surface area (Å²) >= 11 is 0. The lowest BCUT2D eigenvalue weighted by Gasteiger charge is -2.32. The van der Waals surface area contributed by atoms with Crippen molar-refractivity contribution in [3.05, 3.63) is 29.3 Å². The van der Waals surface area contributed by atoms with E-state index in [1.807, 2.05) is 25.1 Å². The van der Waals surface area contributed by atoms with Gasteiger partial charge >= 0.3 is 0 Å². The summed E-state index contributed by atoms with van der Waals surface area (Å²) in [6.45, 7) is 1.98. The highest BCUT2D eigenvalue weighted by Gasteiger charge is 2.37. The summed E-state index contributed by atoms with van der Waals surface area (Å²) in [5.41, 5.74) is 8.36. The first-order valence-corrected chi connectivity index (χ1v) is 6.71.